The summed E-state index contributed by atoms with van der Waals surface area (Å²) in [5.41, 5.74) is 0.712. The zero-order valence-electron chi connectivity index (χ0n) is 14.8. The highest BCUT2D eigenvalue weighted by molar-refractivity contribution is 5.90. The predicted molar refractivity (Wildman–Crippen MR) is 89.8 cm³/mol. The third kappa shape index (κ3) is 2.63. The van der Waals surface area contributed by atoms with Gasteiger partial charge in [0.05, 0.1) is 12.7 Å². The number of esters is 1. The van der Waals surface area contributed by atoms with Crippen LogP contribution in [0.5, 0.6) is 5.75 Å². The molecule has 0 radical (unpaired) electrons. The second-order valence-corrected chi connectivity index (χ2v) is 7.73. The molecule has 3 aliphatic rings. The zero-order valence-corrected chi connectivity index (χ0v) is 14.8. The first-order valence-electron chi connectivity index (χ1n) is 8.37. The fourth-order valence-electron chi connectivity index (χ4n) is 4.47. The average Bonchev–Trinajstić information content (AvgIpc) is 2.52. The zero-order chi connectivity index (χ0) is 16.8. The van der Waals surface area contributed by atoms with Gasteiger partial charge in [0, 0.05) is 23.4 Å². The lowest BCUT2D eigenvalue weighted by Gasteiger charge is -2.63. The van der Waals surface area contributed by atoms with Crippen LogP contribution in [0.15, 0.2) is 24.3 Å². The number of methoxy groups -OCH3 is 1. The molecule has 1 aromatic rings. The Morgan fingerprint density at radius 2 is 2.04 bits per heavy atom. The largest absolute Gasteiger partial charge is 0.497 e. The van der Waals surface area contributed by atoms with E-state index in [1.54, 1.807) is 19.2 Å². The standard InChI is InChI=1S/C19H27NO3/c1-18(2)15-9-10-19(3,20(18)4)12-16(15)23-17(21)13-7-6-8-14(11-13)22-5/h6-8,11,15-16H,9-10,12H2,1-5H3/t15-,16-,19+/m1/s1. The molecule has 23 heavy (non-hydrogen) atoms. The molecule has 0 unspecified atom stereocenters. The first kappa shape index (κ1) is 16.3. The average molecular weight is 317 g/mol. The lowest BCUT2D eigenvalue weighted by atomic mass is 9.61. The highest BCUT2D eigenvalue weighted by Crippen LogP contribution is 2.51. The molecule has 0 aromatic heterocycles. The number of nitrogens with zero attached hydrogens (tertiary/aromatic N) is 1. The Morgan fingerprint density at radius 1 is 1.30 bits per heavy atom. The van der Waals surface area contributed by atoms with Crippen molar-refractivity contribution in [2.45, 2.75) is 57.2 Å². The molecule has 0 N–H and O–H groups in total. The summed E-state index contributed by atoms with van der Waals surface area (Å²) in [6.45, 7) is 6.82. The smallest absolute Gasteiger partial charge is 0.338 e. The van der Waals surface area contributed by atoms with E-state index in [0.29, 0.717) is 17.2 Å². The SMILES string of the molecule is COc1cccc(C(=O)O[C@@H]2C[C@]3(C)CC[C@H]2C(C)(C)N3C)c1. The lowest BCUT2D eigenvalue weighted by Crippen LogP contribution is -2.70. The maximum Gasteiger partial charge on any atom is 0.338 e. The van der Waals surface area contributed by atoms with Crippen LogP contribution in [0, 0.1) is 5.92 Å². The van der Waals surface area contributed by atoms with Crippen LogP contribution in [-0.2, 0) is 4.74 Å². The topological polar surface area (TPSA) is 38.8 Å². The Hall–Kier alpha value is -1.55. The normalized spacial score (nSPS) is 32.6. The van der Waals surface area contributed by atoms with Gasteiger partial charge in [0.1, 0.15) is 11.9 Å². The van der Waals surface area contributed by atoms with Crippen molar-refractivity contribution in [1.82, 2.24) is 4.90 Å². The fourth-order valence-corrected chi connectivity index (χ4v) is 4.47. The number of piperidine rings is 2. The highest BCUT2D eigenvalue weighted by Gasteiger charge is 2.57. The van der Waals surface area contributed by atoms with Gasteiger partial charge in [-0.1, -0.05) is 6.07 Å². The Morgan fingerprint density at radius 3 is 2.70 bits per heavy atom. The van der Waals surface area contributed by atoms with E-state index in [-0.39, 0.29) is 23.2 Å². The molecular formula is C19H27NO3. The van der Waals surface area contributed by atoms with Crippen LogP contribution < -0.4 is 4.74 Å². The summed E-state index contributed by atoms with van der Waals surface area (Å²) in [5, 5.41) is 0. The van der Waals surface area contributed by atoms with Crippen molar-refractivity contribution in [3.05, 3.63) is 29.8 Å². The third-order valence-electron chi connectivity index (χ3n) is 6.23. The summed E-state index contributed by atoms with van der Waals surface area (Å²) in [7, 11) is 3.80. The van der Waals surface area contributed by atoms with Gasteiger partial charge in [-0.15, -0.1) is 0 Å². The summed E-state index contributed by atoms with van der Waals surface area (Å²) in [6.07, 6.45) is 3.18. The molecule has 126 valence electrons. The molecule has 4 rings (SSSR count). The minimum atomic E-state index is -0.247. The minimum Gasteiger partial charge on any atom is -0.497 e. The van der Waals surface area contributed by atoms with Crippen LogP contribution in [-0.4, -0.2) is 42.2 Å². The van der Waals surface area contributed by atoms with Gasteiger partial charge >= 0.3 is 5.97 Å². The highest BCUT2D eigenvalue weighted by atomic mass is 16.5. The van der Waals surface area contributed by atoms with Gasteiger partial charge in [-0.05, 0) is 58.9 Å². The van der Waals surface area contributed by atoms with Crippen molar-refractivity contribution >= 4 is 5.97 Å². The molecule has 2 heterocycles. The lowest BCUT2D eigenvalue weighted by molar-refractivity contribution is -0.162. The number of hydrogen-bond donors (Lipinski definition) is 0. The van der Waals surface area contributed by atoms with Gasteiger partial charge < -0.3 is 9.47 Å². The quantitative estimate of drug-likeness (QED) is 0.800. The maximum atomic E-state index is 12.6. The molecule has 4 nitrogen and oxygen atoms in total. The third-order valence-corrected chi connectivity index (χ3v) is 6.23. The Bertz CT molecular complexity index is 608. The Labute approximate surface area is 138 Å². The van der Waals surface area contributed by atoms with Crippen molar-refractivity contribution in [3.8, 4) is 5.75 Å². The predicted octanol–water partition coefficient (Wildman–Crippen LogP) is 3.50. The van der Waals surface area contributed by atoms with Gasteiger partial charge in [-0.3, -0.25) is 4.90 Å². The molecule has 2 saturated heterocycles. The summed E-state index contributed by atoms with van der Waals surface area (Å²) >= 11 is 0. The number of benzene rings is 1. The number of fused-ring (bicyclic) bond motifs is 3. The monoisotopic (exact) mass is 317 g/mol. The van der Waals surface area contributed by atoms with Crippen molar-refractivity contribution in [1.29, 1.82) is 0 Å². The van der Waals surface area contributed by atoms with Crippen LogP contribution in [0.25, 0.3) is 0 Å². The second kappa shape index (κ2) is 5.52. The molecular weight excluding hydrogens is 290 g/mol. The first-order chi connectivity index (χ1) is 10.8. The Balaban J connectivity index is 1.79. The summed E-state index contributed by atoms with van der Waals surface area (Å²) in [4.78, 5) is 15.0. The number of rotatable bonds is 3. The molecule has 1 aliphatic carbocycles. The maximum absolute atomic E-state index is 12.6. The number of hydrogen-bond acceptors (Lipinski definition) is 4. The van der Waals surface area contributed by atoms with Crippen molar-refractivity contribution < 1.29 is 14.3 Å². The van der Waals surface area contributed by atoms with Crippen LogP contribution in [0.1, 0.15) is 50.4 Å². The van der Waals surface area contributed by atoms with Crippen molar-refractivity contribution in [2.24, 2.45) is 5.92 Å². The van der Waals surface area contributed by atoms with E-state index in [4.69, 9.17) is 9.47 Å². The van der Waals surface area contributed by atoms with Gasteiger partial charge in [0.15, 0.2) is 0 Å². The summed E-state index contributed by atoms with van der Waals surface area (Å²) in [5.74, 6) is 0.809. The van der Waals surface area contributed by atoms with E-state index in [9.17, 15) is 4.79 Å². The molecule has 1 aromatic carbocycles. The molecule has 0 spiro atoms. The number of carbonyl (C=O) groups excluding carboxylic acids is 1. The molecule has 1 saturated carbocycles. The molecule has 2 aliphatic heterocycles. The first-order valence-corrected chi connectivity index (χ1v) is 8.37. The van der Waals surface area contributed by atoms with E-state index < -0.39 is 0 Å². The molecule has 3 atom stereocenters. The molecule has 2 bridgehead atoms. The van der Waals surface area contributed by atoms with E-state index in [1.165, 1.54) is 6.42 Å². The second-order valence-electron chi connectivity index (χ2n) is 7.73. The molecule has 4 heteroatoms. The summed E-state index contributed by atoms with van der Waals surface area (Å²) < 4.78 is 11.1. The van der Waals surface area contributed by atoms with Gasteiger partial charge in [0.25, 0.3) is 0 Å². The van der Waals surface area contributed by atoms with Gasteiger partial charge in [-0.2, -0.15) is 0 Å². The van der Waals surface area contributed by atoms with E-state index in [0.717, 1.165) is 12.8 Å². The van der Waals surface area contributed by atoms with Crippen LogP contribution in [0.3, 0.4) is 0 Å². The fraction of sp³-hybridized carbons (Fsp3) is 0.632. The van der Waals surface area contributed by atoms with Gasteiger partial charge in [-0.25, -0.2) is 4.79 Å². The Kier molecular flexibility index (Phi) is 3.91. The van der Waals surface area contributed by atoms with Crippen molar-refractivity contribution in [3.63, 3.8) is 0 Å². The number of ether oxygens (including phenoxy) is 2. The van der Waals surface area contributed by atoms with Crippen molar-refractivity contribution in [2.75, 3.05) is 14.2 Å². The van der Waals surface area contributed by atoms with E-state index in [2.05, 4.69) is 32.7 Å². The summed E-state index contributed by atoms with van der Waals surface area (Å²) in [6, 6.07) is 7.17. The van der Waals surface area contributed by atoms with Crippen LogP contribution >= 0.6 is 0 Å². The molecule has 3 fully saturated rings. The van der Waals surface area contributed by atoms with Gasteiger partial charge in [0.2, 0.25) is 0 Å². The number of carbonyl (C=O) groups is 1. The van der Waals surface area contributed by atoms with E-state index >= 15 is 0 Å². The van der Waals surface area contributed by atoms with Crippen LogP contribution in [0.2, 0.25) is 0 Å². The molecule has 0 amide bonds. The van der Waals surface area contributed by atoms with Crippen LogP contribution in [0.4, 0.5) is 0 Å². The minimum absolute atomic E-state index is 0.0151. The van der Waals surface area contributed by atoms with E-state index in [1.807, 2.05) is 12.1 Å².